The molecule has 2 saturated carbocycles. The summed E-state index contributed by atoms with van der Waals surface area (Å²) in [5.74, 6) is 1.24. The molecule has 2 aliphatic carbocycles. The summed E-state index contributed by atoms with van der Waals surface area (Å²) in [4.78, 5) is 11.7. The summed E-state index contributed by atoms with van der Waals surface area (Å²) in [6.45, 7) is 0. The van der Waals surface area contributed by atoms with Crippen LogP contribution in [0.3, 0.4) is 0 Å². The lowest BCUT2D eigenvalue weighted by molar-refractivity contribution is -0.141. The molecule has 0 bridgehead atoms. The molecule has 0 unspecified atom stereocenters. The summed E-state index contributed by atoms with van der Waals surface area (Å²) in [6, 6.07) is 10.8. The zero-order chi connectivity index (χ0) is 11.0. The van der Waals surface area contributed by atoms with Gasteiger partial charge in [0.15, 0.2) is 0 Å². The highest BCUT2D eigenvalue weighted by Crippen LogP contribution is 2.51. The maximum atomic E-state index is 11.7. The quantitative estimate of drug-likeness (QED) is 0.696. The van der Waals surface area contributed by atoms with Crippen molar-refractivity contribution in [1.29, 1.82) is 0 Å². The number of ketones is 1. The molecule has 1 aromatic carbocycles. The van der Waals surface area contributed by atoms with Gasteiger partial charge in [0.05, 0.1) is 0 Å². The molecule has 1 spiro atoms. The molecule has 16 heavy (non-hydrogen) atoms. The van der Waals surface area contributed by atoms with Gasteiger partial charge in [-0.2, -0.15) is 0 Å². The average Bonchev–Trinajstić information content (AvgIpc) is 2.38. The van der Waals surface area contributed by atoms with E-state index in [2.05, 4.69) is 30.3 Å². The van der Waals surface area contributed by atoms with Gasteiger partial charge in [-0.1, -0.05) is 30.3 Å². The molecule has 0 N–H and O–H groups in total. The van der Waals surface area contributed by atoms with Crippen LogP contribution in [-0.4, -0.2) is 5.78 Å². The van der Waals surface area contributed by atoms with Crippen molar-refractivity contribution in [3.8, 4) is 0 Å². The SMILES string of the molecule is O=C1CCC12CCC(c1ccccc1)CC2. The predicted molar refractivity (Wildman–Crippen MR) is 64.3 cm³/mol. The first kappa shape index (κ1) is 10.1. The van der Waals surface area contributed by atoms with Gasteiger partial charge in [-0.05, 0) is 43.6 Å². The summed E-state index contributed by atoms with van der Waals surface area (Å²) in [6.07, 6.45) is 6.67. The summed E-state index contributed by atoms with van der Waals surface area (Å²) < 4.78 is 0. The van der Waals surface area contributed by atoms with Crippen molar-refractivity contribution < 1.29 is 4.79 Å². The van der Waals surface area contributed by atoms with Crippen molar-refractivity contribution in [3.05, 3.63) is 35.9 Å². The minimum atomic E-state index is 0.130. The Bertz CT molecular complexity index is 385. The van der Waals surface area contributed by atoms with Gasteiger partial charge >= 0.3 is 0 Å². The second-order valence-corrected chi connectivity index (χ2v) is 5.39. The van der Waals surface area contributed by atoms with Crippen LogP contribution in [0.2, 0.25) is 0 Å². The van der Waals surface area contributed by atoms with Crippen molar-refractivity contribution in [2.45, 2.75) is 44.4 Å². The first-order valence-corrected chi connectivity index (χ1v) is 6.38. The average molecular weight is 214 g/mol. The topological polar surface area (TPSA) is 17.1 Å². The van der Waals surface area contributed by atoms with E-state index in [1.807, 2.05) is 0 Å². The van der Waals surface area contributed by atoms with Gasteiger partial charge in [0.2, 0.25) is 0 Å². The molecule has 1 nitrogen and oxygen atoms in total. The highest BCUT2D eigenvalue weighted by atomic mass is 16.1. The molecular weight excluding hydrogens is 196 g/mol. The zero-order valence-electron chi connectivity index (χ0n) is 9.61. The van der Waals surface area contributed by atoms with E-state index in [0.29, 0.717) is 11.7 Å². The van der Waals surface area contributed by atoms with Gasteiger partial charge < -0.3 is 0 Å². The Morgan fingerprint density at radius 1 is 1.00 bits per heavy atom. The molecule has 2 aliphatic rings. The van der Waals surface area contributed by atoms with Crippen molar-refractivity contribution in [2.75, 3.05) is 0 Å². The van der Waals surface area contributed by atoms with E-state index in [4.69, 9.17) is 0 Å². The van der Waals surface area contributed by atoms with Gasteiger partial charge in [-0.3, -0.25) is 4.79 Å². The summed E-state index contributed by atoms with van der Waals surface area (Å²) in [5.41, 5.74) is 1.59. The van der Waals surface area contributed by atoms with E-state index >= 15 is 0 Å². The van der Waals surface area contributed by atoms with Crippen molar-refractivity contribution >= 4 is 5.78 Å². The lowest BCUT2D eigenvalue weighted by atomic mass is 9.57. The molecule has 1 aromatic rings. The van der Waals surface area contributed by atoms with Crippen LogP contribution in [-0.2, 0) is 4.79 Å². The van der Waals surface area contributed by atoms with Crippen LogP contribution in [0, 0.1) is 5.41 Å². The Kier molecular flexibility index (Phi) is 2.34. The Morgan fingerprint density at radius 2 is 1.69 bits per heavy atom. The van der Waals surface area contributed by atoms with Crippen LogP contribution >= 0.6 is 0 Å². The van der Waals surface area contributed by atoms with Crippen LogP contribution < -0.4 is 0 Å². The minimum absolute atomic E-state index is 0.130. The first-order chi connectivity index (χ1) is 7.80. The van der Waals surface area contributed by atoms with Crippen molar-refractivity contribution in [3.63, 3.8) is 0 Å². The summed E-state index contributed by atoms with van der Waals surface area (Å²) in [5, 5.41) is 0. The Morgan fingerprint density at radius 3 is 2.19 bits per heavy atom. The maximum Gasteiger partial charge on any atom is 0.139 e. The predicted octanol–water partition coefficient (Wildman–Crippen LogP) is 3.69. The molecule has 1 heteroatoms. The Labute approximate surface area is 96.9 Å². The highest BCUT2D eigenvalue weighted by Gasteiger charge is 2.47. The molecule has 0 aromatic heterocycles. The monoisotopic (exact) mass is 214 g/mol. The van der Waals surface area contributed by atoms with Gasteiger partial charge in [0.25, 0.3) is 0 Å². The largest absolute Gasteiger partial charge is 0.299 e. The molecule has 0 aliphatic heterocycles. The Balaban J connectivity index is 1.69. The second kappa shape index (κ2) is 3.73. The van der Waals surface area contributed by atoms with Crippen LogP contribution in [0.1, 0.15) is 50.0 Å². The summed E-state index contributed by atoms with van der Waals surface area (Å²) >= 11 is 0. The molecule has 3 rings (SSSR count). The third-order valence-electron chi connectivity index (χ3n) is 4.64. The number of benzene rings is 1. The van der Waals surface area contributed by atoms with E-state index < -0.39 is 0 Å². The molecule has 0 saturated heterocycles. The first-order valence-electron chi connectivity index (χ1n) is 6.38. The smallest absolute Gasteiger partial charge is 0.139 e. The molecule has 0 heterocycles. The molecule has 0 radical (unpaired) electrons. The zero-order valence-corrected chi connectivity index (χ0v) is 9.61. The lowest BCUT2D eigenvalue weighted by Crippen LogP contribution is -2.43. The number of hydrogen-bond donors (Lipinski definition) is 0. The van der Waals surface area contributed by atoms with E-state index in [9.17, 15) is 4.79 Å². The summed E-state index contributed by atoms with van der Waals surface area (Å²) in [7, 11) is 0. The Hall–Kier alpha value is -1.11. The number of carbonyl (C=O) groups is 1. The van der Waals surface area contributed by atoms with Gasteiger partial charge in [-0.15, -0.1) is 0 Å². The third kappa shape index (κ3) is 1.50. The van der Waals surface area contributed by atoms with Gasteiger partial charge in [0.1, 0.15) is 5.78 Å². The fourth-order valence-electron chi connectivity index (χ4n) is 3.34. The molecule has 2 fully saturated rings. The third-order valence-corrected chi connectivity index (χ3v) is 4.64. The van der Waals surface area contributed by atoms with E-state index in [-0.39, 0.29) is 5.41 Å². The van der Waals surface area contributed by atoms with E-state index in [1.54, 1.807) is 0 Å². The fraction of sp³-hybridized carbons (Fsp3) is 0.533. The normalized spacial score (nSPS) is 33.8. The van der Waals surface area contributed by atoms with Crippen LogP contribution in [0.5, 0.6) is 0 Å². The minimum Gasteiger partial charge on any atom is -0.299 e. The molecule has 84 valence electrons. The maximum absolute atomic E-state index is 11.7. The van der Waals surface area contributed by atoms with Gasteiger partial charge in [-0.25, -0.2) is 0 Å². The number of hydrogen-bond acceptors (Lipinski definition) is 1. The molecule has 0 atom stereocenters. The second-order valence-electron chi connectivity index (χ2n) is 5.39. The standard InChI is InChI=1S/C15H18O/c16-14-8-11-15(14)9-6-13(7-10-15)12-4-2-1-3-5-12/h1-5,13H,6-11H2. The lowest BCUT2D eigenvalue weighted by Gasteiger charge is -2.45. The number of Topliss-reactive ketones (excluding diaryl/α,β-unsaturated/α-hetero) is 1. The van der Waals surface area contributed by atoms with Crippen LogP contribution in [0.4, 0.5) is 0 Å². The van der Waals surface area contributed by atoms with E-state index in [0.717, 1.165) is 25.7 Å². The van der Waals surface area contributed by atoms with E-state index in [1.165, 1.54) is 18.4 Å². The molecular formula is C15H18O. The number of rotatable bonds is 1. The van der Waals surface area contributed by atoms with Crippen molar-refractivity contribution in [1.82, 2.24) is 0 Å². The van der Waals surface area contributed by atoms with Crippen molar-refractivity contribution in [2.24, 2.45) is 5.41 Å². The van der Waals surface area contributed by atoms with Gasteiger partial charge in [0, 0.05) is 11.8 Å². The fourth-order valence-corrected chi connectivity index (χ4v) is 3.34. The van der Waals surface area contributed by atoms with Crippen LogP contribution in [0.15, 0.2) is 30.3 Å². The number of carbonyl (C=O) groups excluding carboxylic acids is 1. The highest BCUT2D eigenvalue weighted by molar-refractivity contribution is 5.90. The molecule has 0 amide bonds. The van der Waals surface area contributed by atoms with Crippen LogP contribution in [0.25, 0.3) is 0 Å².